The molecule has 0 fully saturated rings. The fraction of sp³-hybridized carbons (Fsp3) is 0.293. The summed E-state index contributed by atoms with van der Waals surface area (Å²) in [4.78, 5) is 14.8. The molecule has 0 spiro atoms. The number of oxazole rings is 1. The van der Waals surface area contributed by atoms with Crippen LogP contribution in [0, 0.1) is 0 Å². The van der Waals surface area contributed by atoms with E-state index in [1.54, 1.807) is 12.4 Å². The van der Waals surface area contributed by atoms with E-state index in [2.05, 4.69) is 104 Å². The third kappa shape index (κ3) is 5.94. The number of nitrogens with zero attached hydrogens (tertiary/aromatic N) is 3. The maximum absolute atomic E-state index is 11.5. The first-order valence-electron chi connectivity index (χ1n) is 15.9. The Morgan fingerprint density at radius 2 is 1.41 bits per heavy atom. The highest BCUT2D eigenvalue weighted by Gasteiger charge is 2.25. The van der Waals surface area contributed by atoms with Crippen LogP contribution < -0.4 is 0 Å². The van der Waals surface area contributed by atoms with Gasteiger partial charge < -0.3 is 9.52 Å². The number of hydrogen-bond donors (Lipinski definition) is 1. The van der Waals surface area contributed by atoms with E-state index in [0.717, 1.165) is 55.5 Å². The number of aromatic nitrogens is 2. The van der Waals surface area contributed by atoms with Gasteiger partial charge in [0.05, 0.1) is 16.9 Å². The third-order valence-electron chi connectivity index (χ3n) is 8.58. The Bertz CT molecular complexity index is 2100. The van der Waals surface area contributed by atoms with Crippen LogP contribution in [-0.4, -0.2) is 21.3 Å². The average molecular weight is 610 g/mol. The maximum atomic E-state index is 11.5. The minimum absolute atomic E-state index is 0.0986. The minimum Gasteiger partial charge on any atom is -0.507 e. The number of rotatable bonds is 4. The minimum atomic E-state index is -0.242. The van der Waals surface area contributed by atoms with Gasteiger partial charge in [-0.05, 0) is 69.2 Å². The zero-order valence-corrected chi connectivity index (χ0v) is 28.4. The topological polar surface area (TPSA) is 71.5 Å². The van der Waals surface area contributed by atoms with Gasteiger partial charge in [0.25, 0.3) is 0 Å². The van der Waals surface area contributed by atoms with Crippen molar-refractivity contribution in [1.82, 2.24) is 9.97 Å². The summed E-state index contributed by atoms with van der Waals surface area (Å²) in [5.74, 6) is 0.738. The normalized spacial score (nSPS) is 12.9. The van der Waals surface area contributed by atoms with E-state index < -0.39 is 0 Å². The van der Waals surface area contributed by atoms with Crippen molar-refractivity contribution in [3.8, 4) is 28.5 Å². The van der Waals surface area contributed by atoms with Gasteiger partial charge in [-0.25, -0.2) is 4.98 Å². The summed E-state index contributed by atoms with van der Waals surface area (Å²) in [6, 6.07) is 26.6. The summed E-state index contributed by atoms with van der Waals surface area (Å²) in [7, 11) is 0. The molecule has 0 atom stereocenters. The molecule has 0 aliphatic carbocycles. The second kappa shape index (κ2) is 11.2. The van der Waals surface area contributed by atoms with Crippen LogP contribution in [0.25, 0.3) is 44.6 Å². The molecule has 234 valence electrons. The molecule has 2 aromatic heterocycles. The van der Waals surface area contributed by atoms with E-state index in [1.165, 1.54) is 0 Å². The highest BCUT2D eigenvalue weighted by atomic mass is 16.3. The molecule has 6 aromatic rings. The molecular weight excluding hydrogens is 566 g/mol. The van der Waals surface area contributed by atoms with Crippen LogP contribution >= 0.6 is 0 Å². The van der Waals surface area contributed by atoms with Gasteiger partial charge in [0.1, 0.15) is 11.3 Å². The Hall–Kier alpha value is -4.77. The number of hydrogen-bond acceptors (Lipinski definition) is 5. The first-order valence-corrected chi connectivity index (χ1v) is 15.9. The van der Waals surface area contributed by atoms with Gasteiger partial charge in [0.15, 0.2) is 5.58 Å². The SMILES string of the molecule is CC(C)(C)c1cc(C=Nc2c(-c3nc4c(-c5ccccn5)cc(C(C)(C)C)cc4o3)ccc3ccccc23)c(O)c(C(C)(C)C)c1. The number of benzene rings is 4. The predicted octanol–water partition coefficient (Wildman–Crippen LogP) is 11.1. The van der Waals surface area contributed by atoms with E-state index in [0.29, 0.717) is 17.0 Å². The van der Waals surface area contributed by atoms with Gasteiger partial charge in [0, 0.05) is 34.5 Å². The first-order chi connectivity index (χ1) is 21.6. The number of aromatic hydroxyl groups is 1. The summed E-state index contributed by atoms with van der Waals surface area (Å²) >= 11 is 0. The van der Waals surface area contributed by atoms with Crippen LogP contribution in [-0.2, 0) is 16.2 Å². The Kier molecular flexibility index (Phi) is 7.63. The van der Waals surface area contributed by atoms with Gasteiger partial charge in [0.2, 0.25) is 5.89 Å². The summed E-state index contributed by atoms with van der Waals surface area (Å²) < 4.78 is 6.58. The lowest BCUT2D eigenvalue weighted by Crippen LogP contribution is -2.17. The van der Waals surface area contributed by atoms with E-state index >= 15 is 0 Å². The molecule has 0 aliphatic rings. The quantitative estimate of drug-likeness (QED) is 0.202. The highest BCUT2D eigenvalue weighted by molar-refractivity contribution is 6.02. The second-order valence-corrected chi connectivity index (χ2v) is 15.3. The number of pyridine rings is 1. The second-order valence-electron chi connectivity index (χ2n) is 15.3. The zero-order valence-electron chi connectivity index (χ0n) is 28.4. The van der Waals surface area contributed by atoms with Crippen molar-refractivity contribution in [3.05, 3.63) is 107 Å². The Morgan fingerprint density at radius 3 is 2.09 bits per heavy atom. The number of fused-ring (bicyclic) bond motifs is 2. The summed E-state index contributed by atoms with van der Waals surface area (Å²) in [5.41, 5.74) is 8.18. The van der Waals surface area contributed by atoms with Crippen LogP contribution in [0.15, 0.2) is 94.5 Å². The monoisotopic (exact) mass is 609 g/mol. The number of phenols is 1. The van der Waals surface area contributed by atoms with Crippen molar-refractivity contribution in [2.45, 2.75) is 78.6 Å². The lowest BCUT2D eigenvalue weighted by Gasteiger charge is -2.27. The predicted molar refractivity (Wildman–Crippen MR) is 192 cm³/mol. The molecule has 0 amide bonds. The molecule has 0 saturated heterocycles. The smallest absolute Gasteiger partial charge is 0.229 e. The van der Waals surface area contributed by atoms with Gasteiger partial charge in [-0.3, -0.25) is 9.98 Å². The molecule has 4 aromatic carbocycles. The van der Waals surface area contributed by atoms with Gasteiger partial charge in [-0.2, -0.15) is 0 Å². The molecule has 5 heteroatoms. The van der Waals surface area contributed by atoms with E-state index in [4.69, 9.17) is 14.4 Å². The Morgan fingerprint density at radius 1 is 0.717 bits per heavy atom. The van der Waals surface area contributed by atoms with Crippen molar-refractivity contribution >= 4 is 33.8 Å². The van der Waals surface area contributed by atoms with Crippen molar-refractivity contribution in [2.24, 2.45) is 4.99 Å². The van der Waals surface area contributed by atoms with Crippen molar-refractivity contribution in [2.75, 3.05) is 0 Å². The van der Waals surface area contributed by atoms with Crippen LogP contribution in [0.4, 0.5) is 5.69 Å². The van der Waals surface area contributed by atoms with Crippen LogP contribution in [0.1, 0.15) is 84.6 Å². The average Bonchev–Trinajstić information content (AvgIpc) is 3.43. The van der Waals surface area contributed by atoms with Crippen molar-refractivity contribution < 1.29 is 9.52 Å². The Labute approximate surface area is 272 Å². The van der Waals surface area contributed by atoms with Crippen LogP contribution in [0.5, 0.6) is 5.75 Å². The molecule has 0 unspecified atom stereocenters. The van der Waals surface area contributed by atoms with E-state index in [-0.39, 0.29) is 22.0 Å². The lowest BCUT2D eigenvalue weighted by atomic mass is 9.79. The maximum Gasteiger partial charge on any atom is 0.229 e. The fourth-order valence-corrected chi connectivity index (χ4v) is 5.76. The van der Waals surface area contributed by atoms with Gasteiger partial charge in [-0.15, -0.1) is 0 Å². The zero-order chi connectivity index (χ0) is 33.0. The van der Waals surface area contributed by atoms with Crippen LogP contribution in [0.2, 0.25) is 0 Å². The van der Waals surface area contributed by atoms with E-state index in [9.17, 15) is 5.11 Å². The highest BCUT2D eigenvalue weighted by Crippen LogP contribution is 2.42. The molecular formula is C41H43N3O2. The van der Waals surface area contributed by atoms with Crippen molar-refractivity contribution in [1.29, 1.82) is 0 Å². The van der Waals surface area contributed by atoms with Gasteiger partial charge in [-0.1, -0.05) is 105 Å². The largest absolute Gasteiger partial charge is 0.507 e. The van der Waals surface area contributed by atoms with Crippen LogP contribution in [0.3, 0.4) is 0 Å². The molecule has 0 saturated carbocycles. The first kappa shape index (κ1) is 31.2. The number of aliphatic imine (C=N–C) groups is 1. The summed E-state index contributed by atoms with van der Waals surface area (Å²) in [5, 5.41) is 13.5. The molecule has 6 rings (SSSR count). The standard InChI is InChI=1S/C41H43N3O2/c1-39(2,3)27-20-26(37(45)32(22-27)41(7,8)9)24-43-35-29-15-11-10-14-25(29)17-18-30(35)38-44-36-31(33-16-12-13-19-42-33)21-28(40(4,5)6)23-34(36)46-38/h10-24,45H,1-9H3. The third-order valence-corrected chi connectivity index (χ3v) is 8.58. The molecule has 0 aliphatic heterocycles. The Balaban J connectivity index is 1.58. The van der Waals surface area contributed by atoms with Gasteiger partial charge >= 0.3 is 0 Å². The molecule has 5 nitrogen and oxygen atoms in total. The lowest BCUT2D eigenvalue weighted by molar-refractivity contribution is 0.444. The van der Waals surface area contributed by atoms with E-state index in [1.807, 2.05) is 42.5 Å². The van der Waals surface area contributed by atoms with Crippen molar-refractivity contribution in [3.63, 3.8) is 0 Å². The molecule has 2 heterocycles. The number of phenolic OH excluding ortho intramolecular Hbond substituents is 1. The summed E-state index contributed by atoms with van der Waals surface area (Å²) in [6.45, 7) is 19.5. The molecule has 1 N–H and O–H groups in total. The molecule has 46 heavy (non-hydrogen) atoms. The fourth-order valence-electron chi connectivity index (χ4n) is 5.76. The molecule has 0 radical (unpaired) electrons. The summed E-state index contributed by atoms with van der Waals surface area (Å²) in [6.07, 6.45) is 3.59. The molecule has 0 bridgehead atoms.